The van der Waals surface area contributed by atoms with Gasteiger partial charge in [0.15, 0.2) is 23.2 Å². The summed E-state index contributed by atoms with van der Waals surface area (Å²) in [6, 6.07) is 12.2. The molecule has 1 saturated heterocycles. The summed E-state index contributed by atoms with van der Waals surface area (Å²) in [5.74, 6) is -3.62. The first kappa shape index (κ1) is 26.9. The SMILES string of the molecule is CC=CCCC1CCC(c2ccc(-c3ccc(-c4ccc(OCCC)c(F)c4F)cc3)c(F)c2F)OC1. The van der Waals surface area contributed by atoms with Gasteiger partial charge in [0.2, 0.25) is 5.82 Å². The largest absolute Gasteiger partial charge is 0.490 e. The Morgan fingerprint density at radius 1 is 0.838 bits per heavy atom. The molecule has 37 heavy (non-hydrogen) atoms. The average Bonchev–Trinajstić information content (AvgIpc) is 2.92. The molecule has 0 saturated carbocycles. The third kappa shape index (κ3) is 6.07. The predicted octanol–water partition coefficient (Wildman–Crippen LogP) is 9.19. The van der Waals surface area contributed by atoms with Crippen LogP contribution in [0.25, 0.3) is 22.3 Å². The second kappa shape index (κ2) is 12.4. The van der Waals surface area contributed by atoms with Gasteiger partial charge in [-0.15, -0.1) is 0 Å². The van der Waals surface area contributed by atoms with Crippen LogP contribution in [0, 0.1) is 29.2 Å². The quantitative estimate of drug-likeness (QED) is 0.210. The van der Waals surface area contributed by atoms with Gasteiger partial charge in [0, 0.05) is 16.7 Å². The zero-order valence-electron chi connectivity index (χ0n) is 21.2. The number of rotatable bonds is 9. The standard InChI is InChI=1S/C31H32F4O2/c1-3-5-6-7-20-8-16-26(37-19-20)25-14-13-23(28(32)30(25)34)21-9-11-22(12-10-21)24-15-17-27(36-18-4-2)31(35)29(24)33/h3,5,9-15,17,20,26H,4,6-8,16,18-19H2,1-2H3. The molecule has 2 unspecified atom stereocenters. The molecule has 0 radical (unpaired) electrons. The highest BCUT2D eigenvalue weighted by atomic mass is 19.2. The monoisotopic (exact) mass is 512 g/mol. The summed E-state index contributed by atoms with van der Waals surface area (Å²) >= 11 is 0. The van der Waals surface area contributed by atoms with Crippen LogP contribution >= 0.6 is 0 Å². The molecule has 1 aliphatic heterocycles. The molecule has 3 aromatic rings. The van der Waals surface area contributed by atoms with Crippen LogP contribution in [0.3, 0.4) is 0 Å². The minimum Gasteiger partial charge on any atom is -0.490 e. The third-order valence-electron chi connectivity index (χ3n) is 6.82. The van der Waals surface area contributed by atoms with Gasteiger partial charge in [0.05, 0.1) is 19.3 Å². The van der Waals surface area contributed by atoms with E-state index in [4.69, 9.17) is 9.47 Å². The van der Waals surface area contributed by atoms with Crippen LogP contribution in [-0.4, -0.2) is 13.2 Å². The van der Waals surface area contributed by atoms with Crippen LogP contribution in [0.1, 0.15) is 57.6 Å². The maximum atomic E-state index is 15.1. The molecule has 1 heterocycles. The van der Waals surface area contributed by atoms with Gasteiger partial charge in [-0.3, -0.25) is 0 Å². The smallest absolute Gasteiger partial charge is 0.201 e. The highest BCUT2D eigenvalue weighted by Gasteiger charge is 2.27. The van der Waals surface area contributed by atoms with E-state index in [1.165, 1.54) is 12.1 Å². The summed E-state index contributed by atoms with van der Waals surface area (Å²) in [6.45, 7) is 4.69. The van der Waals surface area contributed by atoms with Gasteiger partial charge in [0.25, 0.3) is 0 Å². The van der Waals surface area contributed by atoms with E-state index in [0.717, 1.165) is 19.3 Å². The zero-order chi connectivity index (χ0) is 26.4. The van der Waals surface area contributed by atoms with Crippen LogP contribution in [-0.2, 0) is 4.74 Å². The lowest BCUT2D eigenvalue weighted by Gasteiger charge is -2.29. The molecular weight excluding hydrogens is 480 g/mol. The van der Waals surface area contributed by atoms with Gasteiger partial charge in [-0.05, 0) is 68.2 Å². The van der Waals surface area contributed by atoms with Gasteiger partial charge in [0.1, 0.15) is 0 Å². The van der Waals surface area contributed by atoms with E-state index in [9.17, 15) is 8.78 Å². The van der Waals surface area contributed by atoms with Crippen molar-refractivity contribution in [3.05, 3.63) is 89.5 Å². The number of hydrogen-bond donors (Lipinski definition) is 0. The number of ether oxygens (including phenoxy) is 2. The molecule has 2 atom stereocenters. The maximum absolute atomic E-state index is 15.1. The fraction of sp³-hybridized carbons (Fsp3) is 0.355. The van der Waals surface area contributed by atoms with Crippen molar-refractivity contribution in [2.24, 2.45) is 5.92 Å². The van der Waals surface area contributed by atoms with Gasteiger partial charge >= 0.3 is 0 Å². The highest BCUT2D eigenvalue weighted by Crippen LogP contribution is 2.37. The van der Waals surface area contributed by atoms with Crippen LogP contribution in [0.15, 0.2) is 60.7 Å². The molecule has 1 aliphatic rings. The van der Waals surface area contributed by atoms with Crippen molar-refractivity contribution in [2.45, 2.75) is 52.1 Å². The Labute approximate surface area is 215 Å². The van der Waals surface area contributed by atoms with E-state index in [1.54, 1.807) is 36.4 Å². The molecule has 0 amide bonds. The van der Waals surface area contributed by atoms with E-state index in [0.29, 0.717) is 36.5 Å². The third-order valence-corrected chi connectivity index (χ3v) is 6.82. The lowest BCUT2D eigenvalue weighted by Crippen LogP contribution is -2.21. The van der Waals surface area contributed by atoms with Crippen molar-refractivity contribution in [3.63, 3.8) is 0 Å². The Morgan fingerprint density at radius 3 is 2.08 bits per heavy atom. The second-order valence-corrected chi connectivity index (χ2v) is 9.41. The summed E-state index contributed by atoms with van der Waals surface area (Å²) in [5, 5.41) is 0. The molecule has 196 valence electrons. The summed E-state index contributed by atoms with van der Waals surface area (Å²) < 4.78 is 70.4. The Hall–Kier alpha value is -3.12. The molecular formula is C31H32F4O2. The molecule has 3 aromatic carbocycles. The summed E-state index contributed by atoms with van der Waals surface area (Å²) in [4.78, 5) is 0. The van der Waals surface area contributed by atoms with Crippen LogP contribution < -0.4 is 4.74 Å². The lowest BCUT2D eigenvalue weighted by molar-refractivity contribution is -0.0210. The molecule has 2 nitrogen and oxygen atoms in total. The Bertz CT molecular complexity index is 1230. The summed E-state index contributed by atoms with van der Waals surface area (Å²) in [5.41, 5.74) is 1.24. The molecule has 0 spiro atoms. The summed E-state index contributed by atoms with van der Waals surface area (Å²) in [7, 11) is 0. The van der Waals surface area contributed by atoms with E-state index >= 15 is 8.78 Å². The van der Waals surface area contributed by atoms with Crippen LogP contribution in [0.4, 0.5) is 17.6 Å². The van der Waals surface area contributed by atoms with E-state index in [1.807, 2.05) is 19.9 Å². The first-order chi connectivity index (χ1) is 17.9. The molecule has 0 aromatic heterocycles. The van der Waals surface area contributed by atoms with Crippen molar-refractivity contribution < 1.29 is 27.0 Å². The molecule has 1 fully saturated rings. The van der Waals surface area contributed by atoms with E-state index in [2.05, 4.69) is 6.08 Å². The summed E-state index contributed by atoms with van der Waals surface area (Å²) in [6.07, 6.45) is 7.94. The number of halogens is 4. The Kier molecular flexibility index (Phi) is 9.04. The van der Waals surface area contributed by atoms with Crippen molar-refractivity contribution in [1.82, 2.24) is 0 Å². The van der Waals surface area contributed by atoms with Crippen molar-refractivity contribution in [3.8, 4) is 28.0 Å². The van der Waals surface area contributed by atoms with E-state index in [-0.39, 0.29) is 29.0 Å². The molecule has 0 aliphatic carbocycles. The Morgan fingerprint density at radius 2 is 1.49 bits per heavy atom. The molecule has 6 heteroatoms. The Balaban J connectivity index is 1.49. The highest BCUT2D eigenvalue weighted by molar-refractivity contribution is 5.71. The van der Waals surface area contributed by atoms with Crippen molar-refractivity contribution in [2.75, 3.05) is 13.2 Å². The first-order valence-corrected chi connectivity index (χ1v) is 12.9. The normalized spacial score (nSPS) is 17.9. The van der Waals surface area contributed by atoms with Crippen molar-refractivity contribution in [1.29, 1.82) is 0 Å². The topological polar surface area (TPSA) is 18.5 Å². The predicted molar refractivity (Wildman–Crippen MR) is 138 cm³/mol. The molecule has 4 rings (SSSR count). The molecule has 0 bridgehead atoms. The van der Waals surface area contributed by atoms with Crippen LogP contribution in [0.2, 0.25) is 0 Å². The fourth-order valence-corrected chi connectivity index (χ4v) is 4.72. The maximum Gasteiger partial charge on any atom is 0.201 e. The zero-order valence-corrected chi connectivity index (χ0v) is 21.2. The van der Waals surface area contributed by atoms with Gasteiger partial charge < -0.3 is 9.47 Å². The lowest BCUT2D eigenvalue weighted by atomic mass is 9.90. The van der Waals surface area contributed by atoms with Crippen LogP contribution in [0.5, 0.6) is 5.75 Å². The minimum absolute atomic E-state index is 0.0633. The van der Waals surface area contributed by atoms with E-state index < -0.39 is 29.4 Å². The number of benzene rings is 3. The van der Waals surface area contributed by atoms with Gasteiger partial charge in [-0.1, -0.05) is 55.5 Å². The average molecular weight is 513 g/mol. The second-order valence-electron chi connectivity index (χ2n) is 9.41. The minimum atomic E-state index is -1.05. The molecule has 0 N–H and O–H groups in total. The van der Waals surface area contributed by atoms with Crippen molar-refractivity contribution >= 4 is 0 Å². The fourth-order valence-electron chi connectivity index (χ4n) is 4.72. The van der Waals surface area contributed by atoms with Gasteiger partial charge in [-0.25, -0.2) is 13.2 Å². The first-order valence-electron chi connectivity index (χ1n) is 12.9. The van der Waals surface area contributed by atoms with Gasteiger partial charge in [-0.2, -0.15) is 4.39 Å². The number of allylic oxidation sites excluding steroid dienone is 2. The number of hydrogen-bond acceptors (Lipinski definition) is 2.